The van der Waals surface area contributed by atoms with Crippen LogP contribution in [0.3, 0.4) is 0 Å². The van der Waals surface area contributed by atoms with E-state index in [9.17, 15) is 0 Å². The molecule has 0 unspecified atom stereocenters. The van der Waals surface area contributed by atoms with E-state index in [1.54, 1.807) is 0 Å². The van der Waals surface area contributed by atoms with Crippen LogP contribution in [0, 0.1) is 0 Å². The molecule has 0 saturated carbocycles. The molecule has 90 valence electrons. The minimum absolute atomic E-state index is 0.315. The molecule has 1 aliphatic heterocycles. The van der Waals surface area contributed by atoms with Crippen molar-refractivity contribution in [1.82, 2.24) is 4.90 Å². The van der Waals surface area contributed by atoms with Gasteiger partial charge >= 0.3 is 0 Å². The third-order valence-electron chi connectivity index (χ3n) is 2.87. The summed E-state index contributed by atoms with van der Waals surface area (Å²) in [7, 11) is 0. The topological polar surface area (TPSA) is 21.7 Å². The van der Waals surface area contributed by atoms with E-state index in [-0.39, 0.29) is 0 Å². The van der Waals surface area contributed by atoms with Crippen LogP contribution in [-0.4, -0.2) is 50.0 Å². The van der Waals surface area contributed by atoms with Crippen LogP contribution in [0.25, 0.3) is 0 Å². The Morgan fingerprint density at radius 3 is 2.40 bits per heavy atom. The molecule has 0 radical (unpaired) electrons. The van der Waals surface area contributed by atoms with Gasteiger partial charge in [0.2, 0.25) is 0 Å². The SMILES string of the molecule is CCN1CCC(OCCOC(C)C)CC1. The summed E-state index contributed by atoms with van der Waals surface area (Å²) >= 11 is 0. The zero-order valence-corrected chi connectivity index (χ0v) is 10.4. The van der Waals surface area contributed by atoms with Crippen LogP contribution in [0.1, 0.15) is 33.6 Å². The molecular formula is C12H25NO2. The summed E-state index contributed by atoms with van der Waals surface area (Å²) in [5.41, 5.74) is 0. The Hall–Kier alpha value is -0.120. The fourth-order valence-corrected chi connectivity index (χ4v) is 1.89. The summed E-state index contributed by atoms with van der Waals surface area (Å²) < 4.78 is 11.2. The van der Waals surface area contributed by atoms with E-state index in [1.165, 1.54) is 32.5 Å². The minimum atomic E-state index is 0.315. The first-order valence-electron chi connectivity index (χ1n) is 6.18. The van der Waals surface area contributed by atoms with Gasteiger partial charge < -0.3 is 14.4 Å². The Balaban J connectivity index is 1.99. The highest BCUT2D eigenvalue weighted by atomic mass is 16.5. The molecule has 1 saturated heterocycles. The molecule has 0 N–H and O–H groups in total. The van der Waals surface area contributed by atoms with Crippen LogP contribution >= 0.6 is 0 Å². The summed E-state index contributed by atoms with van der Waals surface area (Å²) in [5, 5.41) is 0. The van der Waals surface area contributed by atoms with Gasteiger partial charge in [-0.15, -0.1) is 0 Å². The Morgan fingerprint density at radius 1 is 1.20 bits per heavy atom. The second-order valence-electron chi connectivity index (χ2n) is 4.42. The molecule has 0 spiro atoms. The molecule has 0 aromatic rings. The van der Waals surface area contributed by atoms with E-state index in [0.29, 0.717) is 12.2 Å². The second-order valence-corrected chi connectivity index (χ2v) is 4.42. The molecule has 3 nitrogen and oxygen atoms in total. The third kappa shape index (κ3) is 5.50. The minimum Gasteiger partial charge on any atom is -0.376 e. The van der Waals surface area contributed by atoms with E-state index < -0.39 is 0 Å². The Kier molecular flexibility index (Phi) is 6.22. The van der Waals surface area contributed by atoms with Gasteiger partial charge in [-0.3, -0.25) is 0 Å². The number of rotatable bonds is 6. The van der Waals surface area contributed by atoms with E-state index in [1.807, 2.05) is 0 Å². The Labute approximate surface area is 93.7 Å². The molecule has 0 amide bonds. The highest BCUT2D eigenvalue weighted by Gasteiger charge is 2.17. The lowest BCUT2D eigenvalue weighted by atomic mass is 10.1. The standard InChI is InChI=1S/C12H25NO2/c1-4-13-7-5-12(6-8-13)15-10-9-14-11(2)3/h11-12H,4-10H2,1-3H3. The molecule has 0 aromatic heterocycles. The zero-order chi connectivity index (χ0) is 11.1. The van der Waals surface area contributed by atoms with Crippen LogP contribution in [0.5, 0.6) is 0 Å². The van der Waals surface area contributed by atoms with E-state index in [0.717, 1.165) is 13.2 Å². The lowest BCUT2D eigenvalue weighted by Crippen LogP contribution is -2.37. The predicted molar refractivity (Wildman–Crippen MR) is 62.2 cm³/mol. The van der Waals surface area contributed by atoms with E-state index >= 15 is 0 Å². The van der Waals surface area contributed by atoms with Crippen molar-refractivity contribution in [3.8, 4) is 0 Å². The van der Waals surface area contributed by atoms with Crippen LogP contribution in [-0.2, 0) is 9.47 Å². The maximum atomic E-state index is 5.77. The van der Waals surface area contributed by atoms with Gasteiger partial charge in [0.1, 0.15) is 0 Å². The maximum Gasteiger partial charge on any atom is 0.0704 e. The molecule has 0 bridgehead atoms. The van der Waals surface area contributed by atoms with Crippen molar-refractivity contribution >= 4 is 0 Å². The van der Waals surface area contributed by atoms with Crippen molar-refractivity contribution in [2.45, 2.75) is 45.8 Å². The number of hydrogen-bond donors (Lipinski definition) is 0. The Bertz CT molecular complexity index is 154. The predicted octanol–water partition coefficient (Wildman–Crippen LogP) is 1.91. The maximum absolute atomic E-state index is 5.77. The van der Waals surface area contributed by atoms with E-state index in [2.05, 4.69) is 25.7 Å². The average Bonchev–Trinajstić information content (AvgIpc) is 2.25. The molecule has 0 aliphatic carbocycles. The van der Waals surface area contributed by atoms with Crippen molar-refractivity contribution < 1.29 is 9.47 Å². The fourth-order valence-electron chi connectivity index (χ4n) is 1.89. The summed E-state index contributed by atoms with van der Waals surface area (Å²) in [4.78, 5) is 2.48. The first-order chi connectivity index (χ1) is 7.22. The number of likely N-dealkylation sites (tertiary alicyclic amines) is 1. The summed E-state index contributed by atoms with van der Waals surface area (Å²) in [6.45, 7) is 11.3. The normalized spacial score (nSPS) is 20.0. The molecular weight excluding hydrogens is 190 g/mol. The van der Waals surface area contributed by atoms with Gasteiger partial charge in [0, 0.05) is 13.1 Å². The second kappa shape index (κ2) is 7.20. The van der Waals surface area contributed by atoms with Gasteiger partial charge in [0.05, 0.1) is 25.4 Å². The van der Waals surface area contributed by atoms with Gasteiger partial charge in [-0.1, -0.05) is 6.92 Å². The van der Waals surface area contributed by atoms with Crippen LogP contribution in [0.15, 0.2) is 0 Å². The molecule has 15 heavy (non-hydrogen) atoms. The molecule has 3 heteroatoms. The van der Waals surface area contributed by atoms with E-state index in [4.69, 9.17) is 9.47 Å². The quantitative estimate of drug-likeness (QED) is 0.632. The van der Waals surface area contributed by atoms with Crippen LogP contribution < -0.4 is 0 Å². The number of ether oxygens (including phenoxy) is 2. The van der Waals surface area contributed by atoms with Gasteiger partial charge in [-0.2, -0.15) is 0 Å². The summed E-state index contributed by atoms with van der Waals surface area (Å²) in [6.07, 6.45) is 3.13. The number of hydrogen-bond acceptors (Lipinski definition) is 3. The van der Waals surface area contributed by atoms with Gasteiger partial charge in [-0.05, 0) is 33.2 Å². The first-order valence-corrected chi connectivity index (χ1v) is 6.18. The summed E-state index contributed by atoms with van der Waals surface area (Å²) in [6, 6.07) is 0. The Morgan fingerprint density at radius 2 is 1.87 bits per heavy atom. The monoisotopic (exact) mass is 215 g/mol. The zero-order valence-electron chi connectivity index (χ0n) is 10.4. The van der Waals surface area contributed by atoms with Crippen molar-refractivity contribution in [3.05, 3.63) is 0 Å². The average molecular weight is 215 g/mol. The first kappa shape index (κ1) is 12.9. The number of nitrogens with zero attached hydrogens (tertiary/aromatic N) is 1. The molecule has 1 fully saturated rings. The van der Waals surface area contributed by atoms with Crippen molar-refractivity contribution in [2.24, 2.45) is 0 Å². The van der Waals surface area contributed by atoms with Gasteiger partial charge in [0.15, 0.2) is 0 Å². The molecule has 1 aliphatic rings. The highest BCUT2D eigenvalue weighted by molar-refractivity contribution is 4.71. The largest absolute Gasteiger partial charge is 0.376 e. The summed E-state index contributed by atoms with van der Waals surface area (Å²) in [5.74, 6) is 0. The van der Waals surface area contributed by atoms with Gasteiger partial charge in [0.25, 0.3) is 0 Å². The fraction of sp³-hybridized carbons (Fsp3) is 1.00. The smallest absolute Gasteiger partial charge is 0.0704 e. The van der Waals surface area contributed by atoms with Gasteiger partial charge in [-0.25, -0.2) is 0 Å². The third-order valence-corrected chi connectivity index (χ3v) is 2.87. The lowest BCUT2D eigenvalue weighted by Gasteiger charge is -2.30. The molecule has 1 heterocycles. The van der Waals surface area contributed by atoms with Crippen molar-refractivity contribution in [3.63, 3.8) is 0 Å². The molecule has 0 aromatic carbocycles. The number of piperidine rings is 1. The molecule has 1 rings (SSSR count). The van der Waals surface area contributed by atoms with Crippen LogP contribution in [0.2, 0.25) is 0 Å². The van der Waals surface area contributed by atoms with Crippen molar-refractivity contribution in [1.29, 1.82) is 0 Å². The lowest BCUT2D eigenvalue weighted by molar-refractivity contribution is -0.0330. The van der Waals surface area contributed by atoms with Crippen molar-refractivity contribution in [2.75, 3.05) is 32.8 Å². The molecule has 0 atom stereocenters. The highest BCUT2D eigenvalue weighted by Crippen LogP contribution is 2.12. The van der Waals surface area contributed by atoms with Crippen LogP contribution in [0.4, 0.5) is 0 Å².